The first-order valence-electron chi connectivity index (χ1n) is 7.50. The van der Waals surface area contributed by atoms with Crippen molar-refractivity contribution in [1.29, 1.82) is 0 Å². The van der Waals surface area contributed by atoms with Crippen LogP contribution in [0, 0.1) is 6.92 Å². The van der Waals surface area contributed by atoms with Crippen LogP contribution in [-0.4, -0.2) is 20.0 Å². The highest BCUT2D eigenvalue weighted by Gasteiger charge is 2.28. The van der Waals surface area contributed by atoms with Gasteiger partial charge in [-0.2, -0.15) is 0 Å². The topological polar surface area (TPSA) is 58.2 Å². The molecule has 0 amide bonds. The number of thiophene rings is 1. The zero-order valence-electron chi connectivity index (χ0n) is 13.9. The highest BCUT2D eigenvalue weighted by molar-refractivity contribution is 7.91. The normalized spacial score (nSPS) is 13.1. The average molecular weight is 333 g/mol. The Labute approximate surface area is 133 Å². The van der Waals surface area contributed by atoms with Crippen LogP contribution in [0.4, 0.5) is 0 Å². The number of rotatable bonds is 8. The van der Waals surface area contributed by atoms with E-state index in [4.69, 9.17) is 0 Å². The molecule has 2 N–H and O–H groups in total. The van der Waals surface area contributed by atoms with E-state index in [1.165, 1.54) is 11.3 Å². The Morgan fingerprint density at radius 1 is 1.29 bits per heavy atom. The summed E-state index contributed by atoms with van der Waals surface area (Å²) in [5, 5.41) is 3.33. The lowest BCUT2D eigenvalue weighted by Crippen LogP contribution is -2.44. The van der Waals surface area contributed by atoms with E-state index in [0.29, 0.717) is 16.8 Å². The van der Waals surface area contributed by atoms with Crippen molar-refractivity contribution in [2.24, 2.45) is 0 Å². The van der Waals surface area contributed by atoms with Gasteiger partial charge in [0.15, 0.2) is 0 Å². The quantitative estimate of drug-likeness (QED) is 0.767. The van der Waals surface area contributed by atoms with Crippen LogP contribution in [0.2, 0.25) is 0 Å². The van der Waals surface area contributed by atoms with Crippen LogP contribution in [-0.2, 0) is 16.6 Å². The van der Waals surface area contributed by atoms with Gasteiger partial charge in [0.2, 0.25) is 0 Å². The molecule has 0 aliphatic carbocycles. The van der Waals surface area contributed by atoms with Crippen molar-refractivity contribution in [3.8, 4) is 0 Å². The lowest BCUT2D eigenvalue weighted by Gasteiger charge is -2.27. The van der Waals surface area contributed by atoms with Gasteiger partial charge in [0.05, 0.1) is 0 Å². The van der Waals surface area contributed by atoms with E-state index in [-0.39, 0.29) is 5.54 Å². The maximum Gasteiger partial charge on any atom is 0.250 e. The zero-order chi connectivity index (χ0) is 16.3. The number of sulfonamides is 1. The smallest absolute Gasteiger partial charge is 0.250 e. The fraction of sp³-hybridized carbons (Fsp3) is 0.733. The summed E-state index contributed by atoms with van der Waals surface area (Å²) < 4.78 is 28.4. The van der Waals surface area contributed by atoms with E-state index in [9.17, 15) is 8.42 Å². The Hall–Kier alpha value is -0.430. The Bertz CT molecular complexity index is 558. The van der Waals surface area contributed by atoms with Gasteiger partial charge in [0.1, 0.15) is 4.21 Å². The van der Waals surface area contributed by atoms with Gasteiger partial charge >= 0.3 is 0 Å². The first kappa shape index (κ1) is 18.6. The molecule has 122 valence electrons. The minimum absolute atomic E-state index is 0.382. The van der Waals surface area contributed by atoms with Gasteiger partial charge < -0.3 is 5.32 Å². The van der Waals surface area contributed by atoms with Crippen LogP contribution < -0.4 is 10.0 Å². The van der Waals surface area contributed by atoms with E-state index in [1.807, 2.05) is 27.7 Å². The van der Waals surface area contributed by atoms with Crippen molar-refractivity contribution in [3.05, 3.63) is 16.5 Å². The molecule has 1 rings (SSSR count). The number of aryl methyl sites for hydroxylation is 1. The molecule has 0 bridgehead atoms. The van der Waals surface area contributed by atoms with E-state index in [0.717, 1.165) is 23.3 Å². The lowest BCUT2D eigenvalue weighted by molar-refractivity contribution is 0.389. The summed E-state index contributed by atoms with van der Waals surface area (Å²) in [7, 11) is -3.44. The summed E-state index contributed by atoms with van der Waals surface area (Å²) in [4.78, 5) is 1.08. The average Bonchev–Trinajstić information content (AvgIpc) is 2.78. The van der Waals surface area contributed by atoms with Crippen molar-refractivity contribution in [2.45, 2.75) is 76.7 Å². The third-order valence-corrected chi connectivity index (χ3v) is 7.22. The van der Waals surface area contributed by atoms with Crippen LogP contribution in [0.3, 0.4) is 0 Å². The van der Waals surface area contributed by atoms with Gasteiger partial charge in [-0.1, -0.05) is 27.7 Å². The van der Waals surface area contributed by atoms with E-state index in [2.05, 4.69) is 23.9 Å². The second-order valence-corrected chi connectivity index (χ2v) is 9.13. The van der Waals surface area contributed by atoms with Crippen LogP contribution >= 0.6 is 11.3 Å². The summed E-state index contributed by atoms with van der Waals surface area (Å²) >= 11 is 1.36. The Morgan fingerprint density at radius 2 is 1.86 bits per heavy atom. The molecule has 6 heteroatoms. The van der Waals surface area contributed by atoms with Gasteiger partial charge in [-0.25, -0.2) is 13.1 Å². The van der Waals surface area contributed by atoms with Crippen molar-refractivity contribution in [3.63, 3.8) is 0 Å². The fourth-order valence-electron chi connectivity index (χ4n) is 1.86. The molecule has 0 radical (unpaired) electrons. The number of nitrogens with one attached hydrogen (secondary N) is 2. The molecule has 1 aromatic heterocycles. The third kappa shape index (κ3) is 5.06. The summed E-state index contributed by atoms with van der Waals surface area (Å²) in [6, 6.07) is 2.16. The molecule has 0 aliphatic heterocycles. The second-order valence-electron chi connectivity index (χ2n) is 6.08. The number of hydrogen-bond donors (Lipinski definition) is 2. The molecule has 0 fully saturated rings. The first-order valence-corrected chi connectivity index (χ1v) is 9.80. The standard InChI is InChI=1S/C15H28N2O2S2/c1-7-15(6,8-2)17-21(18,19)14-9-12(5)13(20-14)10-16-11(3)4/h9,11,16-17H,7-8,10H2,1-6H3. The lowest BCUT2D eigenvalue weighted by atomic mass is 9.98. The van der Waals surface area contributed by atoms with Crippen molar-refractivity contribution < 1.29 is 8.42 Å². The van der Waals surface area contributed by atoms with Crippen molar-refractivity contribution in [2.75, 3.05) is 0 Å². The molecule has 21 heavy (non-hydrogen) atoms. The van der Waals surface area contributed by atoms with E-state index < -0.39 is 10.0 Å². The van der Waals surface area contributed by atoms with Gasteiger partial charge in [-0.15, -0.1) is 11.3 Å². The Kier molecular flexibility index (Phi) is 6.40. The van der Waals surface area contributed by atoms with E-state index >= 15 is 0 Å². The van der Waals surface area contributed by atoms with Gasteiger partial charge in [0.25, 0.3) is 10.0 Å². The predicted octanol–water partition coefficient (Wildman–Crippen LogP) is 3.41. The third-order valence-electron chi connectivity index (χ3n) is 3.88. The molecule has 0 atom stereocenters. The zero-order valence-corrected chi connectivity index (χ0v) is 15.5. The predicted molar refractivity (Wildman–Crippen MR) is 90.3 cm³/mol. The summed E-state index contributed by atoms with van der Waals surface area (Å²) in [6.45, 7) is 12.8. The van der Waals surface area contributed by atoms with Gasteiger partial charge in [-0.3, -0.25) is 0 Å². The van der Waals surface area contributed by atoms with Crippen LogP contribution in [0.1, 0.15) is 57.9 Å². The SMILES string of the molecule is CCC(C)(CC)NS(=O)(=O)c1cc(C)c(CNC(C)C)s1. The van der Waals surface area contributed by atoms with Crippen molar-refractivity contribution in [1.82, 2.24) is 10.0 Å². The van der Waals surface area contributed by atoms with Crippen molar-refractivity contribution >= 4 is 21.4 Å². The molecule has 1 aromatic rings. The Balaban J connectivity index is 2.97. The molecule has 0 aliphatic rings. The minimum atomic E-state index is -3.44. The monoisotopic (exact) mass is 332 g/mol. The summed E-state index contributed by atoms with van der Waals surface area (Å²) in [5.74, 6) is 0. The molecule has 4 nitrogen and oxygen atoms in total. The molecular formula is C15H28N2O2S2. The molecule has 0 saturated carbocycles. The number of hydrogen-bond acceptors (Lipinski definition) is 4. The molecule has 0 aromatic carbocycles. The van der Waals surface area contributed by atoms with E-state index in [1.54, 1.807) is 6.07 Å². The van der Waals surface area contributed by atoms with Crippen LogP contribution in [0.25, 0.3) is 0 Å². The maximum atomic E-state index is 12.5. The molecule has 0 saturated heterocycles. The fourth-order valence-corrected chi connectivity index (χ4v) is 4.95. The van der Waals surface area contributed by atoms with Crippen LogP contribution in [0.5, 0.6) is 0 Å². The van der Waals surface area contributed by atoms with Gasteiger partial charge in [-0.05, 0) is 38.3 Å². The minimum Gasteiger partial charge on any atom is -0.310 e. The molecule has 0 unspecified atom stereocenters. The molecule has 0 spiro atoms. The maximum absolute atomic E-state index is 12.5. The van der Waals surface area contributed by atoms with Gasteiger partial charge in [0, 0.05) is 23.0 Å². The highest BCUT2D eigenvalue weighted by atomic mass is 32.2. The summed E-state index contributed by atoms with van der Waals surface area (Å²) in [5.41, 5.74) is 0.649. The van der Waals surface area contributed by atoms with Crippen LogP contribution in [0.15, 0.2) is 10.3 Å². The molecular weight excluding hydrogens is 304 g/mol. The second kappa shape index (κ2) is 7.22. The summed E-state index contributed by atoms with van der Waals surface area (Å²) in [6.07, 6.45) is 1.55. The highest BCUT2D eigenvalue weighted by Crippen LogP contribution is 2.28. The largest absolute Gasteiger partial charge is 0.310 e. The molecule has 1 heterocycles. The Morgan fingerprint density at radius 3 is 2.33 bits per heavy atom. The first-order chi connectivity index (χ1) is 9.63.